The van der Waals surface area contributed by atoms with E-state index in [0.717, 1.165) is 29.2 Å². The summed E-state index contributed by atoms with van der Waals surface area (Å²) in [5.41, 5.74) is 4.71. The highest BCUT2D eigenvalue weighted by atomic mass is 16.5. The summed E-state index contributed by atoms with van der Waals surface area (Å²) < 4.78 is 11.3. The number of hydrogen-bond acceptors (Lipinski definition) is 4. The Morgan fingerprint density at radius 3 is 2.07 bits per heavy atom. The second-order valence-corrected chi connectivity index (χ2v) is 6.45. The summed E-state index contributed by atoms with van der Waals surface area (Å²) >= 11 is 0. The summed E-state index contributed by atoms with van der Waals surface area (Å²) in [6.45, 7) is 4.55. The van der Waals surface area contributed by atoms with Crippen molar-refractivity contribution in [1.29, 1.82) is 0 Å². The molecule has 5 heteroatoms. The van der Waals surface area contributed by atoms with E-state index in [-0.39, 0.29) is 5.91 Å². The van der Waals surface area contributed by atoms with Crippen molar-refractivity contribution in [2.45, 2.75) is 20.3 Å². The van der Waals surface area contributed by atoms with Crippen LogP contribution in [0.1, 0.15) is 36.2 Å². The number of amides is 1. The summed E-state index contributed by atoms with van der Waals surface area (Å²) in [4.78, 5) is 12.3. The van der Waals surface area contributed by atoms with Crippen LogP contribution in [0.15, 0.2) is 84.0 Å². The van der Waals surface area contributed by atoms with Crippen molar-refractivity contribution in [2.75, 3.05) is 6.61 Å². The highest BCUT2D eigenvalue weighted by Crippen LogP contribution is 2.21. The molecule has 0 aromatic heterocycles. The lowest BCUT2D eigenvalue weighted by Crippen LogP contribution is -2.19. The molecule has 0 atom stereocenters. The molecular formula is C24H24N2O3. The zero-order valence-electron chi connectivity index (χ0n) is 16.6. The maximum atomic E-state index is 12.3. The third-order valence-corrected chi connectivity index (χ3v) is 4.17. The van der Waals surface area contributed by atoms with Crippen molar-refractivity contribution in [1.82, 2.24) is 5.43 Å². The van der Waals surface area contributed by atoms with Crippen LogP contribution < -0.4 is 14.9 Å². The number of nitrogens with zero attached hydrogens (tertiary/aromatic N) is 1. The molecule has 0 saturated heterocycles. The van der Waals surface area contributed by atoms with Gasteiger partial charge >= 0.3 is 0 Å². The number of hydrazone groups is 1. The van der Waals surface area contributed by atoms with Gasteiger partial charge in [0.05, 0.1) is 12.3 Å². The maximum absolute atomic E-state index is 12.3. The van der Waals surface area contributed by atoms with E-state index in [0.29, 0.717) is 17.9 Å². The molecule has 0 heterocycles. The van der Waals surface area contributed by atoms with E-state index in [4.69, 9.17) is 9.47 Å². The van der Waals surface area contributed by atoms with Crippen LogP contribution in [-0.4, -0.2) is 18.2 Å². The predicted molar refractivity (Wildman–Crippen MR) is 115 cm³/mol. The summed E-state index contributed by atoms with van der Waals surface area (Å²) in [6.07, 6.45) is 0.940. The number of benzene rings is 3. The van der Waals surface area contributed by atoms with Gasteiger partial charge in [-0.2, -0.15) is 5.10 Å². The SMILES string of the molecule is CCCOc1ccc(C(=O)N/N=C(/C)c2ccc(Oc3ccccc3)cc2)cc1. The second kappa shape index (κ2) is 10.1. The van der Waals surface area contributed by atoms with Gasteiger partial charge in [0.25, 0.3) is 5.91 Å². The van der Waals surface area contributed by atoms with Crippen molar-refractivity contribution in [3.05, 3.63) is 90.0 Å². The number of para-hydroxylation sites is 1. The standard InChI is InChI=1S/C24H24N2O3/c1-3-17-28-21-13-11-20(12-14-21)24(27)26-25-18(2)19-9-15-23(16-10-19)29-22-7-5-4-6-8-22/h4-16H,3,17H2,1-2H3,(H,26,27)/b25-18-. The van der Waals surface area contributed by atoms with Crippen LogP contribution in [-0.2, 0) is 0 Å². The smallest absolute Gasteiger partial charge is 0.271 e. The van der Waals surface area contributed by atoms with E-state index < -0.39 is 0 Å². The topological polar surface area (TPSA) is 59.9 Å². The average molecular weight is 388 g/mol. The third kappa shape index (κ3) is 5.94. The number of rotatable bonds is 8. The van der Waals surface area contributed by atoms with Crippen LogP contribution in [0.5, 0.6) is 17.2 Å². The van der Waals surface area contributed by atoms with Crippen molar-refractivity contribution >= 4 is 11.6 Å². The number of nitrogens with one attached hydrogen (secondary N) is 1. The minimum absolute atomic E-state index is 0.268. The monoisotopic (exact) mass is 388 g/mol. The minimum Gasteiger partial charge on any atom is -0.494 e. The Bertz CT molecular complexity index is 950. The van der Waals surface area contributed by atoms with Crippen LogP contribution in [0.25, 0.3) is 0 Å². The normalized spacial score (nSPS) is 11.0. The quantitative estimate of drug-likeness (QED) is 0.414. The molecule has 5 nitrogen and oxygen atoms in total. The fourth-order valence-corrected chi connectivity index (χ4v) is 2.57. The Labute approximate surface area is 171 Å². The molecule has 0 saturated carbocycles. The second-order valence-electron chi connectivity index (χ2n) is 6.45. The fourth-order valence-electron chi connectivity index (χ4n) is 2.57. The van der Waals surface area contributed by atoms with Gasteiger partial charge in [-0.05, 0) is 79.6 Å². The molecule has 3 rings (SSSR count). The molecule has 0 bridgehead atoms. The van der Waals surface area contributed by atoms with Gasteiger partial charge in [-0.15, -0.1) is 0 Å². The predicted octanol–water partition coefficient (Wildman–Crippen LogP) is 5.42. The van der Waals surface area contributed by atoms with E-state index >= 15 is 0 Å². The number of ether oxygens (including phenoxy) is 2. The molecule has 29 heavy (non-hydrogen) atoms. The fraction of sp³-hybridized carbons (Fsp3) is 0.167. The Morgan fingerprint density at radius 1 is 0.828 bits per heavy atom. The maximum Gasteiger partial charge on any atom is 0.271 e. The molecule has 3 aromatic rings. The Balaban J connectivity index is 1.58. The van der Waals surface area contributed by atoms with Crippen LogP contribution in [0.2, 0.25) is 0 Å². The molecule has 0 aliphatic heterocycles. The molecule has 0 spiro atoms. The number of hydrogen-bond donors (Lipinski definition) is 1. The highest BCUT2D eigenvalue weighted by molar-refractivity contribution is 6.00. The van der Waals surface area contributed by atoms with Gasteiger partial charge in [0.1, 0.15) is 17.2 Å². The van der Waals surface area contributed by atoms with E-state index in [2.05, 4.69) is 10.5 Å². The molecule has 0 fully saturated rings. The first-order valence-corrected chi connectivity index (χ1v) is 9.56. The molecule has 0 radical (unpaired) electrons. The highest BCUT2D eigenvalue weighted by Gasteiger charge is 2.06. The Morgan fingerprint density at radius 2 is 1.41 bits per heavy atom. The lowest BCUT2D eigenvalue weighted by molar-refractivity contribution is 0.0955. The van der Waals surface area contributed by atoms with Crippen molar-refractivity contribution in [3.8, 4) is 17.2 Å². The van der Waals surface area contributed by atoms with Gasteiger partial charge in [-0.25, -0.2) is 5.43 Å². The Hall–Kier alpha value is -3.60. The lowest BCUT2D eigenvalue weighted by atomic mass is 10.1. The van der Waals surface area contributed by atoms with Crippen LogP contribution in [0, 0.1) is 0 Å². The number of carbonyl (C=O) groups excluding carboxylic acids is 1. The minimum atomic E-state index is -0.268. The molecule has 1 N–H and O–H groups in total. The van der Waals surface area contributed by atoms with Gasteiger partial charge in [0, 0.05) is 5.56 Å². The first-order chi connectivity index (χ1) is 14.2. The van der Waals surface area contributed by atoms with Gasteiger partial charge in [0.2, 0.25) is 0 Å². The van der Waals surface area contributed by atoms with Gasteiger partial charge < -0.3 is 9.47 Å². The van der Waals surface area contributed by atoms with E-state index in [1.807, 2.05) is 68.4 Å². The van der Waals surface area contributed by atoms with Crippen LogP contribution >= 0.6 is 0 Å². The number of carbonyl (C=O) groups is 1. The van der Waals surface area contributed by atoms with Crippen molar-refractivity contribution < 1.29 is 14.3 Å². The van der Waals surface area contributed by atoms with E-state index in [9.17, 15) is 4.79 Å². The Kier molecular flexibility index (Phi) is 7.00. The van der Waals surface area contributed by atoms with Gasteiger partial charge in [-0.1, -0.05) is 25.1 Å². The lowest BCUT2D eigenvalue weighted by Gasteiger charge is -2.07. The summed E-state index contributed by atoms with van der Waals surface area (Å²) in [7, 11) is 0. The molecule has 0 aliphatic carbocycles. The third-order valence-electron chi connectivity index (χ3n) is 4.17. The first-order valence-electron chi connectivity index (χ1n) is 9.56. The van der Waals surface area contributed by atoms with E-state index in [1.165, 1.54) is 0 Å². The first kappa shape index (κ1) is 20.1. The summed E-state index contributed by atoms with van der Waals surface area (Å²) in [5.74, 6) is 2.00. The van der Waals surface area contributed by atoms with Crippen molar-refractivity contribution in [3.63, 3.8) is 0 Å². The summed E-state index contributed by atoms with van der Waals surface area (Å²) in [6, 6.07) is 24.2. The summed E-state index contributed by atoms with van der Waals surface area (Å²) in [5, 5.41) is 4.20. The molecule has 1 amide bonds. The average Bonchev–Trinajstić information content (AvgIpc) is 2.77. The van der Waals surface area contributed by atoms with E-state index in [1.54, 1.807) is 24.3 Å². The van der Waals surface area contributed by atoms with Gasteiger partial charge in [0.15, 0.2) is 0 Å². The zero-order chi connectivity index (χ0) is 20.5. The van der Waals surface area contributed by atoms with Crippen LogP contribution in [0.3, 0.4) is 0 Å². The van der Waals surface area contributed by atoms with Crippen molar-refractivity contribution in [2.24, 2.45) is 5.10 Å². The van der Waals surface area contributed by atoms with Crippen LogP contribution in [0.4, 0.5) is 0 Å². The molecule has 3 aromatic carbocycles. The molecular weight excluding hydrogens is 364 g/mol. The van der Waals surface area contributed by atoms with Gasteiger partial charge in [-0.3, -0.25) is 4.79 Å². The molecule has 148 valence electrons. The molecule has 0 aliphatic rings. The molecule has 0 unspecified atom stereocenters. The largest absolute Gasteiger partial charge is 0.494 e. The zero-order valence-corrected chi connectivity index (χ0v) is 16.6.